The van der Waals surface area contributed by atoms with Gasteiger partial charge in [0.15, 0.2) is 0 Å². The van der Waals surface area contributed by atoms with Crippen LogP contribution in [0.2, 0.25) is 0 Å². The van der Waals surface area contributed by atoms with Gasteiger partial charge in [-0.1, -0.05) is 36.4 Å². The molecule has 0 saturated heterocycles. The van der Waals surface area contributed by atoms with Gasteiger partial charge in [0.1, 0.15) is 23.9 Å². The van der Waals surface area contributed by atoms with Crippen molar-refractivity contribution in [3.05, 3.63) is 83.4 Å². The van der Waals surface area contributed by atoms with Gasteiger partial charge in [-0.15, -0.1) is 0 Å². The summed E-state index contributed by atoms with van der Waals surface area (Å²) >= 11 is 0. The molecule has 0 bridgehead atoms. The zero-order valence-electron chi connectivity index (χ0n) is 18.1. The predicted octanol–water partition coefficient (Wildman–Crippen LogP) is 4.08. The average molecular weight is 432 g/mol. The summed E-state index contributed by atoms with van der Waals surface area (Å²) in [7, 11) is -1.12. The summed E-state index contributed by atoms with van der Waals surface area (Å²) in [5, 5.41) is 10.4. The number of hydrogen-bond acceptors (Lipinski definition) is 6. The van der Waals surface area contributed by atoms with Gasteiger partial charge in [-0.2, -0.15) is 0 Å². The fourth-order valence-electron chi connectivity index (χ4n) is 3.82. The van der Waals surface area contributed by atoms with E-state index in [1.165, 1.54) is 0 Å². The lowest BCUT2D eigenvalue weighted by Gasteiger charge is -2.15. The molecule has 0 spiro atoms. The van der Waals surface area contributed by atoms with Crippen LogP contribution in [0, 0.1) is 6.92 Å². The molecule has 164 valence electrons. The largest absolute Gasteiger partial charge is 0.492 e. The van der Waals surface area contributed by atoms with Gasteiger partial charge < -0.3 is 23.9 Å². The Morgan fingerprint density at radius 3 is 2.59 bits per heavy atom. The van der Waals surface area contributed by atoms with Crippen molar-refractivity contribution in [3.8, 4) is 17.2 Å². The number of hydrogen-bond donors (Lipinski definition) is 1. The van der Waals surface area contributed by atoms with Gasteiger partial charge in [0, 0.05) is 6.07 Å². The third-order valence-corrected chi connectivity index (χ3v) is 5.22. The van der Waals surface area contributed by atoms with E-state index in [-0.39, 0.29) is 12.4 Å². The summed E-state index contributed by atoms with van der Waals surface area (Å²) in [5.74, 6) is 1.53. The number of benzene rings is 3. The van der Waals surface area contributed by atoms with E-state index in [1.54, 1.807) is 13.0 Å². The van der Waals surface area contributed by atoms with Crippen LogP contribution in [0.25, 0.3) is 0 Å². The molecule has 6 nitrogen and oxygen atoms in total. The third-order valence-electron chi connectivity index (χ3n) is 5.22. The maximum absolute atomic E-state index is 11.9. The molecule has 7 heteroatoms. The van der Waals surface area contributed by atoms with Crippen LogP contribution in [-0.2, 0) is 20.8 Å². The van der Waals surface area contributed by atoms with Crippen molar-refractivity contribution in [1.29, 1.82) is 0 Å². The number of ether oxygens (including phenoxy) is 3. The average Bonchev–Trinajstić information content (AvgIpc) is 3.09. The molecule has 0 aliphatic carbocycles. The molecule has 0 saturated carbocycles. The van der Waals surface area contributed by atoms with Gasteiger partial charge in [0.05, 0.1) is 19.1 Å². The monoisotopic (exact) mass is 432 g/mol. The van der Waals surface area contributed by atoms with Gasteiger partial charge in [0.25, 0.3) is 0 Å². The van der Waals surface area contributed by atoms with Gasteiger partial charge in [-0.05, 0) is 60.3 Å². The zero-order valence-corrected chi connectivity index (χ0v) is 18.1. The highest BCUT2D eigenvalue weighted by atomic mass is 16.5. The molecule has 32 heavy (non-hydrogen) atoms. The van der Waals surface area contributed by atoms with Crippen LogP contribution in [0.15, 0.2) is 66.7 Å². The molecule has 3 aromatic carbocycles. The van der Waals surface area contributed by atoms with Crippen molar-refractivity contribution in [2.75, 3.05) is 6.61 Å². The summed E-state index contributed by atoms with van der Waals surface area (Å²) in [5.41, 5.74) is 3.36. The lowest BCUT2D eigenvalue weighted by Crippen LogP contribution is -2.28. The summed E-state index contributed by atoms with van der Waals surface area (Å²) in [6.07, 6.45) is -0.484. The first-order valence-corrected chi connectivity index (χ1v) is 10.6. The van der Waals surface area contributed by atoms with E-state index in [1.807, 2.05) is 67.6 Å². The lowest BCUT2D eigenvalue weighted by atomic mass is 9.77. The summed E-state index contributed by atoms with van der Waals surface area (Å²) < 4.78 is 22.5. The van der Waals surface area contributed by atoms with E-state index >= 15 is 0 Å². The van der Waals surface area contributed by atoms with Crippen LogP contribution < -0.4 is 14.9 Å². The van der Waals surface area contributed by atoms with E-state index < -0.39 is 13.2 Å². The number of rotatable bonds is 8. The smallest absolute Gasteiger partial charge is 0.489 e. The topological polar surface area (TPSA) is 74.2 Å². The Hall–Kier alpha value is -3.29. The first kappa shape index (κ1) is 21.9. The molecule has 1 aliphatic rings. The first-order chi connectivity index (χ1) is 15.5. The van der Waals surface area contributed by atoms with Crippen LogP contribution in [0.3, 0.4) is 0 Å². The number of esters is 1. The number of carbonyl (C=O) groups is 1. The molecule has 1 N–H and O–H groups in total. The van der Waals surface area contributed by atoms with E-state index in [0.717, 1.165) is 16.7 Å². The second kappa shape index (κ2) is 9.89. The van der Waals surface area contributed by atoms with E-state index in [4.69, 9.17) is 18.9 Å². The molecule has 0 aromatic heterocycles. The fourth-order valence-corrected chi connectivity index (χ4v) is 3.82. The molecule has 3 aromatic rings. The Morgan fingerprint density at radius 2 is 1.81 bits per heavy atom. The van der Waals surface area contributed by atoms with E-state index in [9.17, 15) is 9.82 Å². The van der Waals surface area contributed by atoms with Gasteiger partial charge in [-0.3, -0.25) is 4.79 Å². The highest BCUT2D eigenvalue weighted by Crippen LogP contribution is 2.34. The summed E-state index contributed by atoms with van der Waals surface area (Å²) in [6.45, 7) is 4.44. The maximum atomic E-state index is 11.9. The van der Waals surface area contributed by atoms with Gasteiger partial charge >= 0.3 is 13.1 Å². The van der Waals surface area contributed by atoms with E-state index in [0.29, 0.717) is 35.9 Å². The maximum Gasteiger partial charge on any atom is 0.492 e. The molecule has 0 amide bonds. The second-order valence-electron chi connectivity index (χ2n) is 7.58. The minimum absolute atomic E-state index is 0.0553. The van der Waals surface area contributed by atoms with Crippen LogP contribution in [0.4, 0.5) is 0 Å². The molecule has 1 unspecified atom stereocenters. The standard InChI is InChI=1S/C25H25BO6/c1-3-29-24(27)15-23-25-17(2)12-21(14-22(25)26(28)32-23)31-20-11-7-10-19(13-20)30-16-18-8-5-4-6-9-18/h4-14,23,28H,3,15-16H2,1-2H3. The normalized spacial score (nSPS) is 14.7. The highest BCUT2D eigenvalue weighted by molar-refractivity contribution is 6.62. The quantitative estimate of drug-likeness (QED) is 0.427. The fraction of sp³-hybridized carbons (Fsp3) is 0.240. The molecule has 1 heterocycles. The third kappa shape index (κ3) is 5.12. The second-order valence-corrected chi connectivity index (χ2v) is 7.58. The Morgan fingerprint density at radius 1 is 1.03 bits per heavy atom. The van der Waals surface area contributed by atoms with Crippen molar-refractivity contribution < 1.29 is 28.7 Å². The van der Waals surface area contributed by atoms with Crippen LogP contribution in [0.1, 0.15) is 36.1 Å². The molecular weight excluding hydrogens is 407 g/mol. The molecule has 0 fully saturated rings. The number of aryl methyl sites for hydroxylation is 1. The molecule has 4 rings (SSSR count). The van der Waals surface area contributed by atoms with Crippen LogP contribution in [-0.4, -0.2) is 24.7 Å². The van der Waals surface area contributed by atoms with Crippen molar-refractivity contribution in [2.24, 2.45) is 0 Å². The first-order valence-electron chi connectivity index (χ1n) is 10.6. The SMILES string of the molecule is CCOC(=O)CC1OB(O)c2cc(Oc3cccc(OCc4ccccc4)c3)cc(C)c21. The van der Waals surface area contributed by atoms with Crippen molar-refractivity contribution in [2.45, 2.75) is 33.0 Å². The summed E-state index contributed by atoms with van der Waals surface area (Å²) in [6, 6.07) is 21.0. The lowest BCUT2D eigenvalue weighted by molar-refractivity contribution is -0.145. The molecule has 1 aliphatic heterocycles. The Kier molecular flexibility index (Phi) is 6.78. The zero-order chi connectivity index (χ0) is 22.5. The Labute approximate surface area is 187 Å². The molecule has 0 radical (unpaired) electrons. The van der Waals surface area contributed by atoms with E-state index in [2.05, 4.69) is 0 Å². The van der Waals surface area contributed by atoms with Crippen LogP contribution in [0.5, 0.6) is 17.2 Å². The van der Waals surface area contributed by atoms with Gasteiger partial charge in [0.2, 0.25) is 0 Å². The van der Waals surface area contributed by atoms with Crippen molar-refractivity contribution in [1.82, 2.24) is 0 Å². The number of fused-ring (bicyclic) bond motifs is 1. The minimum Gasteiger partial charge on any atom is -0.489 e. The van der Waals surface area contributed by atoms with Crippen molar-refractivity contribution in [3.63, 3.8) is 0 Å². The molecular formula is C25H25BO6. The summed E-state index contributed by atoms with van der Waals surface area (Å²) in [4.78, 5) is 11.9. The number of carbonyl (C=O) groups excluding carboxylic acids is 1. The Bertz CT molecular complexity index is 1090. The minimum atomic E-state index is -1.12. The van der Waals surface area contributed by atoms with Crippen LogP contribution >= 0.6 is 0 Å². The predicted molar refractivity (Wildman–Crippen MR) is 121 cm³/mol. The van der Waals surface area contributed by atoms with Crippen molar-refractivity contribution >= 4 is 18.6 Å². The molecule has 1 atom stereocenters. The highest BCUT2D eigenvalue weighted by Gasteiger charge is 2.38. The van der Waals surface area contributed by atoms with Gasteiger partial charge in [-0.25, -0.2) is 0 Å². The Balaban J connectivity index is 1.48.